The summed E-state index contributed by atoms with van der Waals surface area (Å²) in [5.74, 6) is 1.61. The van der Waals surface area contributed by atoms with E-state index in [9.17, 15) is 0 Å². The Bertz CT molecular complexity index is 759. The second-order valence-corrected chi connectivity index (χ2v) is 7.08. The third-order valence-corrected chi connectivity index (χ3v) is 4.96. The summed E-state index contributed by atoms with van der Waals surface area (Å²) in [6, 6.07) is 2.01. The number of aryl methyl sites for hydroxylation is 2. The Hall–Kier alpha value is -1.14. The van der Waals surface area contributed by atoms with Crippen molar-refractivity contribution in [1.82, 2.24) is 14.5 Å². The summed E-state index contributed by atoms with van der Waals surface area (Å²) in [6.45, 7) is 2.19. The molecule has 0 aliphatic carbocycles. The molecule has 19 heavy (non-hydrogen) atoms. The summed E-state index contributed by atoms with van der Waals surface area (Å²) in [5.41, 5.74) is 8.91. The van der Waals surface area contributed by atoms with Crippen molar-refractivity contribution in [2.75, 3.05) is 5.73 Å². The van der Waals surface area contributed by atoms with Crippen LogP contribution in [0.25, 0.3) is 21.3 Å². The van der Waals surface area contributed by atoms with Crippen LogP contribution in [0.4, 0.5) is 5.82 Å². The third-order valence-electron chi connectivity index (χ3n) is 3.32. The van der Waals surface area contributed by atoms with Crippen LogP contribution in [-0.2, 0) is 13.5 Å². The Labute approximate surface area is 123 Å². The van der Waals surface area contributed by atoms with Crippen molar-refractivity contribution in [1.29, 1.82) is 0 Å². The molecule has 0 saturated carbocycles. The highest BCUT2D eigenvalue weighted by Gasteiger charge is 2.16. The number of aromatic nitrogens is 3. The molecule has 0 aliphatic heterocycles. The number of nitrogen functional groups attached to an aromatic ring is 1. The molecular weight excluding hydrogens is 324 g/mol. The quantitative estimate of drug-likeness (QED) is 0.788. The molecule has 3 aromatic heterocycles. The minimum atomic E-state index is 0.520. The van der Waals surface area contributed by atoms with Gasteiger partial charge in [-0.15, -0.1) is 11.3 Å². The molecule has 3 aromatic rings. The molecule has 6 heteroatoms. The van der Waals surface area contributed by atoms with Crippen LogP contribution in [0.5, 0.6) is 0 Å². The molecule has 3 heterocycles. The molecule has 0 atom stereocenters. The molecule has 0 amide bonds. The Kier molecular flexibility index (Phi) is 3.22. The number of hydrogen-bond acceptors (Lipinski definition) is 4. The second kappa shape index (κ2) is 4.76. The fraction of sp³-hybridized carbons (Fsp3) is 0.385. The first-order valence-corrected chi connectivity index (χ1v) is 7.92. The standard InChI is InChI=1S/C13H15BrN4S/c1-3-4-5-9-17-10-11(18(9)2)12-7(16-13(10)15)6-8(14)19-12/h6H,3-5H2,1-2H3,(H2,15,16). The summed E-state index contributed by atoms with van der Waals surface area (Å²) in [7, 11) is 2.06. The Morgan fingerprint density at radius 2 is 2.21 bits per heavy atom. The van der Waals surface area contributed by atoms with Gasteiger partial charge in [0, 0.05) is 13.5 Å². The lowest BCUT2D eigenvalue weighted by atomic mass is 10.2. The zero-order valence-electron chi connectivity index (χ0n) is 10.9. The number of unbranched alkanes of at least 4 members (excludes halogenated alkanes) is 1. The molecule has 3 rings (SSSR count). The predicted octanol–water partition coefficient (Wildman–Crippen LogP) is 3.87. The fourth-order valence-electron chi connectivity index (χ4n) is 2.33. The highest BCUT2D eigenvalue weighted by molar-refractivity contribution is 9.11. The van der Waals surface area contributed by atoms with E-state index in [4.69, 9.17) is 5.73 Å². The Morgan fingerprint density at radius 3 is 2.95 bits per heavy atom. The van der Waals surface area contributed by atoms with Gasteiger partial charge in [-0.3, -0.25) is 0 Å². The number of halogens is 1. The van der Waals surface area contributed by atoms with E-state index in [1.807, 2.05) is 6.07 Å². The van der Waals surface area contributed by atoms with Crippen molar-refractivity contribution in [2.24, 2.45) is 7.05 Å². The van der Waals surface area contributed by atoms with Crippen molar-refractivity contribution in [3.8, 4) is 0 Å². The summed E-state index contributed by atoms with van der Waals surface area (Å²) >= 11 is 5.20. The largest absolute Gasteiger partial charge is 0.382 e. The molecule has 0 aromatic carbocycles. The summed E-state index contributed by atoms with van der Waals surface area (Å²) in [6.07, 6.45) is 3.29. The van der Waals surface area contributed by atoms with Crippen LogP contribution in [0, 0.1) is 0 Å². The number of hydrogen-bond donors (Lipinski definition) is 1. The van der Waals surface area contributed by atoms with Crippen LogP contribution in [0.3, 0.4) is 0 Å². The second-order valence-electron chi connectivity index (χ2n) is 4.65. The first-order valence-electron chi connectivity index (χ1n) is 6.31. The lowest BCUT2D eigenvalue weighted by Crippen LogP contribution is -1.97. The van der Waals surface area contributed by atoms with Gasteiger partial charge in [-0.1, -0.05) is 13.3 Å². The first-order chi connectivity index (χ1) is 9.11. The maximum atomic E-state index is 6.04. The van der Waals surface area contributed by atoms with E-state index in [1.165, 1.54) is 0 Å². The van der Waals surface area contributed by atoms with Crippen LogP contribution in [0.15, 0.2) is 9.85 Å². The zero-order chi connectivity index (χ0) is 13.6. The van der Waals surface area contributed by atoms with Gasteiger partial charge in [0.15, 0.2) is 5.82 Å². The maximum absolute atomic E-state index is 6.04. The summed E-state index contributed by atoms with van der Waals surface area (Å²) in [4.78, 5) is 9.12. The fourth-order valence-corrected chi connectivity index (χ4v) is 3.94. The number of nitrogens with two attached hydrogens (primary N) is 1. The van der Waals surface area contributed by atoms with Gasteiger partial charge in [0.05, 0.1) is 19.5 Å². The SMILES string of the molecule is CCCCc1nc2c(N)nc3cc(Br)sc3c2n1C. The summed E-state index contributed by atoms with van der Waals surface area (Å²) in [5, 5.41) is 0. The van der Waals surface area contributed by atoms with Crippen LogP contribution in [-0.4, -0.2) is 14.5 Å². The van der Waals surface area contributed by atoms with Crippen molar-refractivity contribution in [3.05, 3.63) is 15.7 Å². The minimum absolute atomic E-state index is 0.520. The number of rotatable bonds is 3. The van der Waals surface area contributed by atoms with Gasteiger partial charge in [0.1, 0.15) is 11.3 Å². The number of anilines is 1. The number of nitrogens with zero attached hydrogens (tertiary/aromatic N) is 3. The number of thiophene rings is 1. The smallest absolute Gasteiger partial charge is 0.152 e. The molecule has 0 unspecified atom stereocenters. The van der Waals surface area contributed by atoms with Gasteiger partial charge >= 0.3 is 0 Å². The van der Waals surface area contributed by atoms with Gasteiger partial charge in [-0.2, -0.15) is 0 Å². The van der Waals surface area contributed by atoms with Crippen molar-refractivity contribution >= 4 is 54.3 Å². The topological polar surface area (TPSA) is 56.7 Å². The third kappa shape index (κ3) is 2.03. The lowest BCUT2D eigenvalue weighted by molar-refractivity contribution is 0.721. The van der Waals surface area contributed by atoms with Crippen LogP contribution in [0.2, 0.25) is 0 Å². The van der Waals surface area contributed by atoms with Crippen molar-refractivity contribution in [2.45, 2.75) is 26.2 Å². The molecule has 0 aliphatic rings. The van der Waals surface area contributed by atoms with E-state index in [2.05, 4.69) is 44.4 Å². The Morgan fingerprint density at radius 1 is 1.42 bits per heavy atom. The molecule has 0 bridgehead atoms. The van der Waals surface area contributed by atoms with E-state index in [1.54, 1.807) is 11.3 Å². The molecule has 0 spiro atoms. The lowest BCUT2D eigenvalue weighted by Gasteiger charge is -2.02. The maximum Gasteiger partial charge on any atom is 0.152 e. The van der Waals surface area contributed by atoms with Crippen LogP contribution in [0.1, 0.15) is 25.6 Å². The van der Waals surface area contributed by atoms with E-state index >= 15 is 0 Å². The average molecular weight is 339 g/mol. The van der Waals surface area contributed by atoms with Crippen LogP contribution >= 0.6 is 27.3 Å². The van der Waals surface area contributed by atoms with E-state index in [0.717, 1.165) is 50.1 Å². The summed E-state index contributed by atoms with van der Waals surface area (Å²) < 4.78 is 4.38. The molecule has 4 nitrogen and oxygen atoms in total. The van der Waals surface area contributed by atoms with E-state index < -0.39 is 0 Å². The van der Waals surface area contributed by atoms with Gasteiger partial charge in [0.25, 0.3) is 0 Å². The first kappa shape index (κ1) is 12.9. The van der Waals surface area contributed by atoms with Gasteiger partial charge < -0.3 is 10.3 Å². The number of imidazole rings is 1. The van der Waals surface area contributed by atoms with Crippen LogP contribution < -0.4 is 5.73 Å². The van der Waals surface area contributed by atoms with Gasteiger partial charge in [0.2, 0.25) is 0 Å². The van der Waals surface area contributed by atoms with E-state index in [-0.39, 0.29) is 0 Å². The molecule has 100 valence electrons. The molecule has 0 saturated heterocycles. The van der Waals surface area contributed by atoms with Crippen molar-refractivity contribution in [3.63, 3.8) is 0 Å². The normalized spacial score (nSPS) is 11.7. The van der Waals surface area contributed by atoms with Crippen molar-refractivity contribution < 1.29 is 0 Å². The highest BCUT2D eigenvalue weighted by atomic mass is 79.9. The zero-order valence-corrected chi connectivity index (χ0v) is 13.3. The number of pyridine rings is 1. The molecule has 0 radical (unpaired) electrons. The Balaban J connectivity index is 2.32. The van der Waals surface area contributed by atoms with Gasteiger partial charge in [-0.05, 0) is 28.4 Å². The minimum Gasteiger partial charge on any atom is -0.382 e. The molecule has 2 N–H and O–H groups in total. The highest BCUT2D eigenvalue weighted by Crippen LogP contribution is 2.36. The molecular formula is C13H15BrN4S. The van der Waals surface area contributed by atoms with Gasteiger partial charge in [-0.25, -0.2) is 9.97 Å². The van der Waals surface area contributed by atoms with E-state index in [0.29, 0.717) is 5.82 Å². The monoisotopic (exact) mass is 338 g/mol. The predicted molar refractivity (Wildman–Crippen MR) is 84.6 cm³/mol. The number of fused-ring (bicyclic) bond motifs is 3. The average Bonchev–Trinajstić information content (AvgIpc) is 2.88. The molecule has 0 fully saturated rings.